The summed E-state index contributed by atoms with van der Waals surface area (Å²) in [4.78, 5) is 0. The summed E-state index contributed by atoms with van der Waals surface area (Å²) in [7, 11) is -1.82. The maximum atomic E-state index is 12.5. The molecular weight excluding hydrogens is 276 g/mol. The van der Waals surface area contributed by atoms with Crippen molar-refractivity contribution < 1.29 is 13.2 Å². The van der Waals surface area contributed by atoms with E-state index in [1.165, 1.54) is 4.31 Å². The predicted molar refractivity (Wildman–Crippen MR) is 80.7 cm³/mol. The molecule has 0 saturated heterocycles. The highest BCUT2D eigenvalue weighted by Gasteiger charge is 2.25. The van der Waals surface area contributed by atoms with Crippen LogP contribution >= 0.6 is 0 Å². The van der Waals surface area contributed by atoms with Crippen molar-refractivity contribution in [1.82, 2.24) is 4.31 Å². The molecule has 1 aromatic rings. The first kappa shape index (κ1) is 17.1. The number of ether oxygens (including phenoxy) is 1. The first-order valence-corrected chi connectivity index (χ1v) is 8.28. The zero-order valence-corrected chi connectivity index (χ0v) is 13.2. The van der Waals surface area contributed by atoms with Crippen LogP contribution in [0.4, 0.5) is 0 Å². The van der Waals surface area contributed by atoms with Gasteiger partial charge in [0.15, 0.2) is 0 Å². The highest BCUT2D eigenvalue weighted by Crippen LogP contribution is 2.17. The average Bonchev–Trinajstić information content (AvgIpc) is 2.38. The number of hydrogen-bond acceptors (Lipinski definition) is 4. The molecule has 0 aliphatic rings. The summed E-state index contributed by atoms with van der Waals surface area (Å²) in [5.74, 6) is -0.0255. The number of sulfonamides is 1. The van der Waals surface area contributed by atoms with Crippen LogP contribution in [0.15, 0.2) is 24.3 Å². The Bertz CT molecular complexity index is 515. The van der Waals surface area contributed by atoms with Gasteiger partial charge in [-0.25, -0.2) is 8.42 Å². The molecule has 5 nitrogen and oxygen atoms in total. The van der Waals surface area contributed by atoms with Gasteiger partial charge in [-0.15, -0.1) is 0 Å². The van der Waals surface area contributed by atoms with Gasteiger partial charge in [0.1, 0.15) is 0 Å². The molecule has 1 aromatic carbocycles. The average molecular weight is 300 g/mol. The highest BCUT2D eigenvalue weighted by molar-refractivity contribution is 7.88. The molecule has 114 valence electrons. The van der Waals surface area contributed by atoms with Crippen molar-refractivity contribution in [3.63, 3.8) is 0 Å². The quantitative estimate of drug-likeness (QED) is 0.786. The predicted octanol–water partition coefficient (Wildman–Crippen LogP) is 1.33. The molecule has 0 unspecified atom stereocenters. The number of methoxy groups -OCH3 is 1. The van der Waals surface area contributed by atoms with Crippen molar-refractivity contribution >= 4 is 10.0 Å². The molecule has 0 radical (unpaired) electrons. The fraction of sp³-hybridized carbons (Fsp3) is 0.571. The summed E-state index contributed by atoms with van der Waals surface area (Å²) in [5, 5.41) is 0. The normalized spacial score (nSPS) is 12.3. The van der Waals surface area contributed by atoms with Gasteiger partial charge >= 0.3 is 0 Å². The van der Waals surface area contributed by atoms with Gasteiger partial charge in [-0.1, -0.05) is 24.3 Å². The third-order valence-corrected chi connectivity index (χ3v) is 5.12. The lowest BCUT2D eigenvalue weighted by molar-refractivity contribution is 0.171. The van der Waals surface area contributed by atoms with Crippen LogP contribution in [0.25, 0.3) is 0 Å². The van der Waals surface area contributed by atoms with E-state index in [2.05, 4.69) is 0 Å². The Morgan fingerprint density at radius 2 is 1.85 bits per heavy atom. The van der Waals surface area contributed by atoms with Crippen LogP contribution in [0.1, 0.15) is 25.0 Å². The van der Waals surface area contributed by atoms with E-state index in [-0.39, 0.29) is 11.8 Å². The standard InChI is InChI=1S/C14H24N2O3S/c1-12(2)16(8-9-19-3)20(17,18)11-14-7-5-4-6-13(14)10-15/h4-7,12H,8-11,15H2,1-3H3. The number of benzene rings is 1. The largest absolute Gasteiger partial charge is 0.383 e. The van der Waals surface area contributed by atoms with Crippen molar-refractivity contribution in [1.29, 1.82) is 0 Å². The van der Waals surface area contributed by atoms with E-state index in [0.717, 1.165) is 11.1 Å². The fourth-order valence-corrected chi connectivity index (χ4v) is 3.91. The van der Waals surface area contributed by atoms with Crippen molar-refractivity contribution in [2.45, 2.75) is 32.2 Å². The molecule has 20 heavy (non-hydrogen) atoms. The molecule has 0 fully saturated rings. The summed E-state index contributed by atoms with van der Waals surface area (Å²) in [6.07, 6.45) is 0. The number of rotatable bonds is 8. The van der Waals surface area contributed by atoms with Gasteiger partial charge in [0, 0.05) is 26.2 Å². The van der Waals surface area contributed by atoms with Crippen LogP contribution in [0, 0.1) is 0 Å². The molecule has 0 bridgehead atoms. The van der Waals surface area contributed by atoms with E-state index in [1.54, 1.807) is 7.11 Å². The smallest absolute Gasteiger partial charge is 0.218 e. The van der Waals surface area contributed by atoms with Crippen LogP contribution in [0.2, 0.25) is 0 Å². The second kappa shape index (κ2) is 7.73. The minimum atomic E-state index is -3.38. The fourth-order valence-electron chi connectivity index (χ4n) is 2.08. The van der Waals surface area contributed by atoms with Gasteiger partial charge in [-0.3, -0.25) is 0 Å². The molecular formula is C14H24N2O3S. The van der Waals surface area contributed by atoms with Gasteiger partial charge in [0.25, 0.3) is 0 Å². The molecule has 0 heterocycles. The van der Waals surface area contributed by atoms with E-state index >= 15 is 0 Å². The van der Waals surface area contributed by atoms with E-state index in [1.807, 2.05) is 38.1 Å². The number of hydrogen-bond donors (Lipinski definition) is 1. The van der Waals surface area contributed by atoms with Gasteiger partial charge in [-0.05, 0) is 25.0 Å². The molecule has 0 aromatic heterocycles. The molecule has 1 rings (SSSR count). The van der Waals surface area contributed by atoms with E-state index in [4.69, 9.17) is 10.5 Å². The third kappa shape index (κ3) is 4.56. The molecule has 0 aliphatic carbocycles. The molecule has 0 spiro atoms. The number of nitrogens with two attached hydrogens (primary N) is 1. The zero-order chi connectivity index (χ0) is 15.2. The van der Waals surface area contributed by atoms with Gasteiger partial charge < -0.3 is 10.5 Å². The molecule has 0 saturated carbocycles. The Balaban J connectivity index is 2.96. The second-order valence-electron chi connectivity index (χ2n) is 4.93. The zero-order valence-electron chi connectivity index (χ0n) is 12.4. The molecule has 0 amide bonds. The Hall–Kier alpha value is -0.950. The minimum Gasteiger partial charge on any atom is -0.383 e. The first-order valence-electron chi connectivity index (χ1n) is 6.67. The number of nitrogens with zero attached hydrogens (tertiary/aromatic N) is 1. The molecule has 6 heteroatoms. The van der Waals surface area contributed by atoms with Crippen LogP contribution in [0.5, 0.6) is 0 Å². The van der Waals surface area contributed by atoms with Crippen LogP contribution in [-0.4, -0.2) is 39.0 Å². The monoisotopic (exact) mass is 300 g/mol. The third-order valence-electron chi connectivity index (χ3n) is 3.13. The molecule has 0 atom stereocenters. The molecule has 0 aliphatic heterocycles. The summed E-state index contributed by atoms with van der Waals surface area (Å²) in [6.45, 7) is 4.81. The van der Waals surface area contributed by atoms with Crippen LogP contribution in [-0.2, 0) is 27.1 Å². The lowest BCUT2D eigenvalue weighted by atomic mass is 10.1. The SMILES string of the molecule is COCCN(C(C)C)S(=O)(=O)Cc1ccccc1CN. The van der Waals surface area contributed by atoms with Crippen molar-refractivity contribution in [3.05, 3.63) is 35.4 Å². The Morgan fingerprint density at radius 1 is 1.25 bits per heavy atom. The second-order valence-corrected chi connectivity index (χ2v) is 6.85. The first-order chi connectivity index (χ1) is 9.42. The van der Waals surface area contributed by atoms with Gasteiger partial charge in [0.05, 0.1) is 12.4 Å². The van der Waals surface area contributed by atoms with Crippen molar-refractivity contribution in [2.24, 2.45) is 5.73 Å². The van der Waals surface area contributed by atoms with Gasteiger partial charge in [-0.2, -0.15) is 4.31 Å². The summed E-state index contributed by atoms with van der Waals surface area (Å²) >= 11 is 0. The van der Waals surface area contributed by atoms with Crippen molar-refractivity contribution in [3.8, 4) is 0 Å². The summed E-state index contributed by atoms with van der Waals surface area (Å²) in [5.41, 5.74) is 7.29. The Labute approximate surface area is 121 Å². The summed E-state index contributed by atoms with van der Waals surface area (Å²) < 4.78 is 31.6. The van der Waals surface area contributed by atoms with Crippen LogP contribution in [0.3, 0.4) is 0 Å². The Morgan fingerprint density at radius 3 is 2.35 bits per heavy atom. The molecule has 2 N–H and O–H groups in total. The Kier molecular flexibility index (Phi) is 6.61. The van der Waals surface area contributed by atoms with E-state index in [0.29, 0.717) is 19.7 Å². The van der Waals surface area contributed by atoms with Crippen molar-refractivity contribution in [2.75, 3.05) is 20.3 Å². The topological polar surface area (TPSA) is 72.6 Å². The van der Waals surface area contributed by atoms with Gasteiger partial charge in [0.2, 0.25) is 10.0 Å². The maximum Gasteiger partial charge on any atom is 0.218 e. The minimum absolute atomic E-state index is 0.0255. The lowest BCUT2D eigenvalue weighted by Gasteiger charge is -2.26. The van der Waals surface area contributed by atoms with Crippen LogP contribution < -0.4 is 5.73 Å². The van der Waals surface area contributed by atoms with E-state index < -0.39 is 10.0 Å². The highest BCUT2D eigenvalue weighted by atomic mass is 32.2. The van der Waals surface area contributed by atoms with E-state index in [9.17, 15) is 8.42 Å². The lowest BCUT2D eigenvalue weighted by Crippen LogP contribution is -2.40. The maximum absolute atomic E-state index is 12.5. The summed E-state index contributed by atoms with van der Waals surface area (Å²) in [6, 6.07) is 7.27.